The number of ether oxygens (including phenoxy) is 2. The summed E-state index contributed by atoms with van der Waals surface area (Å²) in [6, 6.07) is 14.9. The molecule has 172 valence electrons. The summed E-state index contributed by atoms with van der Waals surface area (Å²) >= 11 is 0. The molecule has 2 aromatic carbocycles. The molecule has 2 aliphatic rings. The van der Waals surface area contributed by atoms with Crippen LogP contribution >= 0.6 is 0 Å². The van der Waals surface area contributed by atoms with Gasteiger partial charge < -0.3 is 14.8 Å². The summed E-state index contributed by atoms with van der Waals surface area (Å²) in [7, 11) is 0. The Balaban J connectivity index is 1.40. The molecule has 2 fully saturated rings. The first-order valence-corrected chi connectivity index (χ1v) is 10.8. The van der Waals surface area contributed by atoms with Crippen LogP contribution < -0.4 is 5.32 Å². The lowest BCUT2D eigenvalue weighted by Crippen LogP contribution is -2.57. The molecule has 2 heterocycles. The SMILES string of the molecule is O=C(CN1CC[C@@]2(CCCO2)[C@H](OCc2ccccc2)C1)Nc1ccccc1C(F)(F)F. The summed E-state index contributed by atoms with van der Waals surface area (Å²) in [5.74, 6) is -0.480. The molecule has 2 atom stereocenters. The molecule has 0 bridgehead atoms. The van der Waals surface area contributed by atoms with E-state index in [0.29, 0.717) is 26.3 Å². The fourth-order valence-corrected chi connectivity index (χ4v) is 4.52. The van der Waals surface area contributed by atoms with Crippen molar-refractivity contribution in [2.24, 2.45) is 0 Å². The van der Waals surface area contributed by atoms with Gasteiger partial charge in [-0.1, -0.05) is 42.5 Å². The summed E-state index contributed by atoms with van der Waals surface area (Å²) in [5.41, 5.74) is -0.381. The Labute approximate surface area is 185 Å². The Morgan fingerprint density at radius 2 is 1.88 bits per heavy atom. The molecule has 2 saturated heterocycles. The minimum absolute atomic E-state index is 0.00648. The Kier molecular flexibility index (Phi) is 6.83. The molecule has 1 N–H and O–H groups in total. The topological polar surface area (TPSA) is 50.8 Å². The number of anilines is 1. The third-order valence-electron chi connectivity index (χ3n) is 6.16. The highest BCUT2D eigenvalue weighted by Gasteiger charge is 2.47. The van der Waals surface area contributed by atoms with Crippen molar-refractivity contribution in [3.8, 4) is 0 Å². The predicted octanol–water partition coefficient (Wildman–Crippen LogP) is 4.48. The molecule has 0 radical (unpaired) electrons. The second-order valence-electron chi connectivity index (χ2n) is 8.38. The molecule has 0 aliphatic carbocycles. The van der Waals surface area contributed by atoms with Crippen LogP contribution in [-0.4, -0.2) is 48.8 Å². The van der Waals surface area contributed by atoms with Crippen LogP contribution in [0.5, 0.6) is 0 Å². The van der Waals surface area contributed by atoms with Gasteiger partial charge in [-0.15, -0.1) is 0 Å². The van der Waals surface area contributed by atoms with Crippen molar-refractivity contribution in [2.75, 3.05) is 31.6 Å². The minimum atomic E-state index is -4.53. The van der Waals surface area contributed by atoms with Crippen molar-refractivity contribution in [1.82, 2.24) is 4.90 Å². The molecule has 2 aromatic rings. The van der Waals surface area contributed by atoms with E-state index in [1.54, 1.807) is 0 Å². The van der Waals surface area contributed by atoms with E-state index < -0.39 is 17.6 Å². The van der Waals surface area contributed by atoms with Crippen LogP contribution in [0, 0.1) is 0 Å². The van der Waals surface area contributed by atoms with Gasteiger partial charge in [0.25, 0.3) is 0 Å². The fraction of sp³-hybridized carbons (Fsp3) is 0.458. The van der Waals surface area contributed by atoms with Crippen LogP contribution in [0.2, 0.25) is 0 Å². The van der Waals surface area contributed by atoms with Crippen molar-refractivity contribution in [3.63, 3.8) is 0 Å². The van der Waals surface area contributed by atoms with Gasteiger partial charge >= 0.3 is 6.18 Å². The average Bonchev–Trinajstić information content (AvgIpc) is 3.24. The van der Waals surface area contributed by atoms with Crippen LogP contribution in [0.3, 0.4) is 0 Å². The first-order chi connectivity index (χ1) is 15.4. The molecule has 5 nitrogen and oxygen atoms in total. The molecule has 1 spiro atoms. The van der Waals surface area contributed by atoms with Crippen LogP contribution in [-0.2, 0) is 27.1 Å². The van der Waals surface area contributed by atoms with Crippen molar-refractivity contribution in [3.05, 3.63) is 65.7 Å². The number of likely N-dealkylation sites (tertiary alicyclic amines) is 1. The lowest BCUT2D eigenvalue weighted by Gasteiger charge is -2.44. The summed E-state index contributed by atoms with van der Waals surface area (Å²) in [4.78, 5) is 14.5. The van der Waals surface area contributed by atoms with Gasteiger partial charge in [-0.25, -0.2) is 0 Å². The molecule has 32 heavy (non-hydrogen) atoms. The number of hydrogen-bond acceptors (Lipinski definition) is 4. The van der Waals surface area contributed by atoms with Gasteiger partial charge in [0.2, 0.25) is 5.91 Å². The number of benzene rings is 2. The van der Waals surface area contributed by atoms with Crippen molar-refractivity contribution < 1.29 is 27.4 Å². The number of alkyl halides is 3. The first kappa shape index (κ1) is 22.8. The zero-order chi connectivity index (χ0) is 22.6. The van der Waals surface area contributed by atoms with Crippen molar-refractivity contribution >= 4 is 11.6 Å². The number of nitrogens with one attached hydrogen (secondary N) is 1. The summed E-state index contributed by atoms with van der Waals surface area (Å²) in [6.07, 6.45) is -2.14. The van der Waals surface area contributed by atoms with E-state index in [0.717, 1.165) is 30.9 Å². The number of hydrogen-bond donors (Lipinski definition) is 1. The third kappa shape index (κ3) is 5.31. The van der Waals surface area contributed by atoms with Crippen LogP contribution in [0.4, 0.5) is 18.9 Å². The first-order valence-electron chi connectivity index (χ1n) is 10.8. The second kappa shape index (κ2) is 9.60. The number of piperidine rings is 1. The maximum atomic E-state index is 13.2. The Bertz CT molecular complexity index is 914. The van der Waals surface area contributed by atoms with Crippen molar-refractivity contribution in [2.45, 2.75) is 43.8 Å². The zero-order valence-corrected chi connectivity index (χ0v) is 17.7. The molecule has 8 heteroatoms. The van der Waals surface area contributed by atoms with Gasteiger partial charge in [-0.3, -0.25) is 9.69 Å². The van der Waals surface area contributed by atoms with E-state index in [9.17, 15) is 18.0 Å². The van der Waals surface area contributed by atoms with E-state index in [1.807, 2.05) is 35.2 Å². The molecule has 4 rings (SSSR count). The zero-order valence-electron chi connectivity index (χ0n) is 17.7. The Hall–Kier alpha value is -2.42. The summed E-state index contributed by atoms with van der Waals surface area (Å²) in [5, 5.41) is 2.43. The normalized spacial score (nSPS) is 24.0. The molecule has 0 aromatic heterocycles. The van der Waals surface area contributed by atoms with Gasteiger partial charge in [0, 0.05) is 19.7 Å². The highest BCUT2D eigenvalue weighted by molar-refractivity contribution is 5.93. The number of halogens is 3. The lowest BCUT2D eigenvalue weighted by molar-refractivity contribution is -0.159. The van der Waals surface area contributed by atoms with E-state index in [-0.39, 0.29) is 23.9 Å². The third-order valence-corrected chi connectivity index (χ3v) is 6.16. The highest BCUT2D eigenvalue weighted by atomic mass is 19.4. The highest BCUT2D eigenvalue weighted by Crippen LogP contribution is 2.38. The van der Waals surface area contributed by atoms with Gasteiger partial charge in [0.1, 0.15) is 0 Å². The number of rotatable bonds is 6. The Morgan fingerprint density at radius 1 is 1.12 bits per heavy atom. The number of nitrogens with zero attached hydrogens (tertiary/aromatic N) is 1. The standard InChI is InChI=1S/C24H27F3N2O3/c25-24(26,27)19-9-4-5-10-20(19)28-22(30)16-29-13-12-23(11-6-14-32-23)21(15-29)31-17-18-7-2-1-3-8-18/h1-5,7-10,21H,6,11-17H2,(H,28,30)/t21-,23+/m1/s1. The molecule has 2 aliphatic heterocycles. The second-order valence-corrected chi connectivity index (χ2v) is 8.38. The van der Waals surface area contributed by atoms with Gasteiger partial charge in [-0.05, 0) is 37.0 Å². The molecular formula is C24H27F3N2O3. The van der Waals surface area contributed by atoms with Crippen molar-refractivity contribution in [1.29, 1.82) is 0 Å². The van der Waals surface area contributed by atoms with E-state index in [1.165, 1.54) is 18.2 Å². The number of carbonyl (C=O) groups is 1. The van der Waals surface area contributed by atoms with E-state index in [2.05, 4.69) is 5.32 Å². The van der Waals surface area contributed by atoms with E-state index in [4.69, 9.17) is 9.47 Å². The number of carbonyl (C=O) groups excluding carboxylic acids is 1. The molecule has 0 unspecified atom stereocenters. The molecule has 0 saturated carbocycles. The van der Waals surface area contributed by atoms with Crippen LogP contribution in [0.15, 0.2) is 54.6 Å². The average molecular weight is 448 g/mol. The number of para-hydroxylation sites is 1. The van der Waals surface area contributed by atoms with Crippen LogP contribution in [0.1, 0.15) is 30.4 Å². The predicted molar refractivity (Wildman–Crippen MR) is 114 cm³/mol. The van der Waals surface area contributed by atoms with Gasteiger partial charge in [-0.2, -0.15) is 13.2 Å². The fourth-order valence-electron chi connectivity index (χ4n) is 4.52. The monoisotopic (exact) mass is 448 g/mol. The molecule has 1 amide bonds. The van der Waals surface area contributed by atoms with Gasteiger partial charge in [0.15, 0.2) is 0 Å². The maximum absolute atomic E-state index is 13.2. The van der Waals surface area contributed by atoms with E-state index >= 15 is 0 Å². The quantitative estimate of drug-likeness (QED) is 0.708. The smallest absolute Gasteiger partial charge is 0.372 e. The number of amides is 1. The largest absolute Gasteiger partial charge is 0.418 e. The molecular weight excluding hydrogens is 421 g/mol. The summed E-state index contributed by atoms with van der Waals surface area (Å²) in [6.45, 7) is 2.24. The minimum Gasteiger partial charge on any atom is -0.372 e. The Morgan fingerprint density at radius 3 is 2.59 bits per heavy atom. The lowest BCUT2D eigenvalue weighted by atomic mass is 9.85. The van der Waals surface area contributed by atoms with Gasteiger partial charge in [0.05, 0.1) is 36.1 Å². The van der Waals surface area contributed by atoms with Crippen LogP contribution in [0.25, 0.3) is 0 Å². The maximum Gasteiger partial charge on any atom is 0.418 e. The summed E-state index contributed by atoms with van der Waals surface area (Å²) < 4.78 is 52.0.